The van der Waals surface area contributed by atoms with Crippen LogP contribution in [0.25, 0.3) is 11.3 Å². The van der Waals surface area contributed by atoms with Gasteiger partial charge in [0.1, 0.15) is 29.2 Å². The van der Waals surface area contributed by atoms with Gasteiger partial charge in [-0.15, -0.1) is 0 Å². The molecule has 1 amide bonds. The molecule has 0 bridgehead atoms. The summed E-state index contributed by atoms with van der Waals surface area (Å²) in [6, 6.07) is 15.9. The molecule has 5 N–H and O–H groups in total. The zero-order chi connectivity index (χ0) is 19.4. The summed E-state index contributed by atoms with van der Waals surface area (Å²) in [6.07, 6.45) is 0. The first-order valence-electron chi connectivity index (χ1n) is 8.28. The Morgan fingerprint density at radius 3 is 2.26 bits per heavy atom. The fourth-order valence-corrected chi connectivity index (χ4v) is 2.44. The van der Waals surface area contributed by atoms with E-state index in [4.69, 9.17) is 16.2 Å². The average molecular weight is 366 g/mol. The number of anilines is 2. The van der Waals surface area contributed by atoms with Crippen molar-refractivity contribution in [1.82, 2.24) is 4.98 Å². The molecule has 1 heterocycles. The number of amides is 1. The Morgan fingerprint density at radius 2 is 1.67 bits per heavy atom. The number of hydrogen-bond donors (Lipinski definition) is 3. The second-order valence-electron chi connectivity index (χ2n) is 6.01. The Balaban J connectivity index is 1.79. The fraction of sp³-hybridized carbons (Fsp3) is 0.100. The lowest BCUT2D eigenvalue weighted by Crippen LogP contribution is -2.32. The predicted octanol–water partition coefficient (Wildman–Crippen LogP) is 3.55. The topological polar surface area (TPSA) is 103 Å². The van der Waals surface area contributed by atoms with E-state index < -0.39 is 11.9 Å². The van der Waals surface area contributed by atoms with Gasteiger partial charge in [0.25, 0.3) is 0 Å². The van der Waals surface area contributed by atoms with Crippen LogP contribution >= 0.6 is 0 Å². The normalized spacial score (nSPS) is 11.6. The number of carbonyl (C=O) groups excluding carboxylic acids is 1. The number of carbonyl (C=O) groups is 1. The highest BCUT2D eigenvalue weighted by Gasteiger charge is 2.10. The van der Waals surface area contributed by atoms with Crippen LogP contribution in [0.4, 0.5) is 15.9 Å². The number of nitrogens with two attached hydrogens (primary N) is 2. The van der Waals surface area contributed by atoms with Crippen molar-refractivity contribution in [3.05, 3.63) is 66.5 Å². The maximum absolute atomic E-state index is 13.0. The molecule has 3 rings (SSSR count). The van der Waals surface area contributed by atoms with Crippen molar-refractivity contribution in [2.75, 3.05) is 11.1 Å². The molecule has 0 fully saturated rings. The van der Waals surface area contributed by atoms with Gasteiger partial charge in [0.2, 0.25) is 5.91 Å². The zero-order valence-electron chi connectivity index (χ0n) is 14.6. The summed E-state index contributed by atoms with van der Waals surface area (Å²) >= 11 is 0. The van der Waals surface area contributed by atoms with Crippen LogP contribution in [0.1, 0.15) is 6.92 Å². The second-order valence-corrected chi connectivity index (χ2v) is 6.01. The third kappa shape index (κ3) is 4.72. The quantitative estimate of drug-likeness (QED) is 0.619. The van der Waals surface area contributed by atoms with Gasteiger partial charge < -0.3 is 21.5 Å². The summed E-state index contributed by atoms with van der Waals surface area (Å²) in [5, 5.41) is 2.99. The maximum Gasteiger partial charge on any atom is 0.239 e. The minimum absolute atomic E-state index is 0.318. The standard InChI is InChI=1S/C20H19FN4O2/c1-12(20(23)26)24-15-10-18(25-19(22)11-15)13-2-6-16(7-3-13)27-17-8-4-14(21)5-9-17/h2-12H,1H3,(H2,23,26)(H3,22,24,25)/t12-/m0/s1. The SMILES string of the molecule is C[C@H](Nc1cc(N)nc(-c2ccc(Oc3ccc(F)cc3)cc2)c1)C(N)=O. The Hall–Kier alpha value is -3.61. The van der Waals surface area contributed by atoms with Crippen LogP contribution < -0.4 is 21.5 Å². The second kappa shape index (κ2) is 7.74. The lowest BCUT2D eigenvalue weighted by atomic mass is 10.1. The van der Waals surface area contributed by atoms with Crippen LogP contribution in [0.3, 0.4) is 0 Å². The summed E-state index contributed by atoms with van der Waals surface area (Å²) in [6.45, 7) is 1.67. The number of ether oxygens (including phenoxy) is 1. The molecule has 0 aliphatic heterocycles. The smallest absolute Gasteiger partial charge is 0.239 e. The molecule has 0 radical (unpaired) electrons. The number of hydrogen-bond acceptors (Lipinski definition) is 5. The largest absolute Gasteiger partial charge is 0.457 e. The van der Waals surface area contributed by atoms with Crippen LogP contribution in [0.15, 0.2) is 60.7 Å². The first-order valence-corrected chi connectivity index (χ1v) is 8.28. The van der Waals surface area contributed by atoms with Crippen molar-refractivity contribution in [2.24, 2.45) is 5.73 Å². The minimum atomic E-state index is -0.536. The van der Waals surface area contributed by atoms with Crippen molar-refractivity contribution in [2.45, 2.75) is 13.0 Å². The van der Waals surface area contributed by atoms with Crippen LogP contribution in [-0.4, -0.2) is 16.9 Å². The van der Waals surface area contributed by atoms with Gasteiger partial charge in [0.15, 0.2) is 0 Å². The van der Waals surface area contributed by atoms with Gasteiger partial charge in [-0.3, -0.25) is 4.79 Å². The molecule has 1 atom stereocenters. The molecule has 0 unspecified atom stereocenters. The number of aromatic nitrogens is 1. The highest BCUT2D eigenvalue weighted by atomic mass is 19.1. The number of rotatable bonds is 6. The molecule has 7 heteroatoms. The molecule has 3 aromatic rings. The third-order valence-corrected chi connectivity index (χ3v) is 3.85. The molecule has 0 aliphatic carbocycles. The molecule has 0 saturated heterocycles. The predicted molar refractivity (Wildman–Crippen MR) is 103 cm³/mol. The van der Waals surface area contributed by atoms with E-state index in [0.717, 1.165) is 5.56 Å². The van der Waals surface area contributed by atoms with Gasteiger partial charge in [0.05, 0.1) is 5.69 Å². The Morgan fingerprint density at radius 1 is 1.07 bits per heavy atom. The summed E-state index contributed by atoms with van der Waals surface area (Å²) < 4.78 is 18.6. The van der Waals surface area contributed by atoms with Crippen LogP contribution in [0, 0.1) is 5.82 Å². The minimum Gasteiger partial charge on any atom is -0.457 e. The van der Waals surface area contributed by atoms with Gasteiger partial charge >= 0.3 is 0 Å². The Kier molecular flexibility index (Phi) is 5.21. The van der Waals surface area contributed by atoms with E-state index >= 15 is 0 Å². The van der Waals surface area contributed by atoms with Gasteiger partial charge in [-0.2, -0.15) is 0 Å². The molecule has 138 valence electrons. The number of nitrogen functional groups attached to an aromatic ring is 1. The van der Waals surface area contributed by atoms with E-state index in [0.29, 0.717) is 28.7 Å². The summed E-state index contributed by atoms with van der Waals surface area (Å²) in [5.74, 6) is 0.682. The fourth-order valence-electron chi connectivity index (χ4n) is 2.44. The third-order valence-electron chi connectivity index (χ3n) is 3.85. The van der Waals surface area contributed by atoms with Crippen LogP contribution in [0.2, 0.25) is 0 Å². The lowest BCUT2D eigenvalue weighted by molar-refractivity contribution is -0.118. The van der Waals surface area contributed by atoms with Gasteiger partial charge in [-0.25, -0.2) is 9.37 Å². The summed E-state index contributed by atoms with van der Waals surface area (Å²) in [5.41, 5.74) is 13.3. The monoisotopic (exact) mass is 366 g/mol. The molecular weight excluding hydrogens is 347 g/mol. The van der Waals surface area contributed by atoms with E-state index in [-0.39, 0.29) is 5.82 Å². The molecule has 0 aliphatic rings. The zero-order valence-corrected chi connectivity index (χ0v) is 14.6. The maximum atomic E-state index is 13.0. The Labute approximate surface area is 156 Å². The highest BCUT2D eigenvalue weighted by molar-refractivity contribution is 5.83. The number of benzene rings is 2. The molecule has 27 heavy (non-hydrogen) atoms. The van der Waals surface area contributed by atoms with E-state index in [9.17, 15) is 9.18 Å². The first kappa shape index (κ1) is 18.2. The van der Waals surface area contributed by atoms with Crippen molar-refractivity contribution in [1.29, 1.82) is 0 Å². The van der Waals surface area contributed by atoms with Gasteiger partial charge in [0, 0.05) is 17.3 Å². The summed E-state index contributed by atoms with van der Waals surface area (Å²) in [4.78, 5) is 15.5. The van der Waals surface area contributed by atoms with Gasteiger partial charge in [-0.1, -0.05) is 0 Å². The molecule has 0 spiro atoms. The lowest BCUT2D eigenvalue weighted by Gasteiger charge is -2.13. The van der Waals surface area contributed by atoms with Crippen LogP contribution in [0.5, 0.6) is 11.5 Å². The molecular formula is C20H19FN4O2. The van der Waals surface area contributed by atoms with Crippen LogP contribution in [-0.2, 0) is 4.79 Å². The van der Waals surface area contributed by atoms with Crippen molar-refractivity contribution >= 4 is 17.4 Å². The average Bonchev–Trinajstić information content (AvgIpc) is 2.63. The van der Waals surface area contributed by atoms with E-state index in [1.807, 2.05) is 12.1 Å². The van der Waals surface area contributed by atoms with Gasteiger partial charge in [-0.05, 0) is 61.5 Å². The first-order chi connectivity index (χ1) is 12.9. The number of primary amides is 1. The molecule has 0 saturated carbocycles. The Bertz CT molecular complexity index is 943. The van der Waals surface area contributed by atoms with E-state index in [1.54, 1.807) is 43.3 Å². The summed E-state index contributed by atoms with van der Waals surface area (Å²) in [7, 11) is 0. The number of pyridine rings is 1. The highest BCUT2D eigenvalue weighted by Crippen LogP contribution is 2.27. The van der Waals surface area contributed by atoms with Crippen molar-refractivity contribution in [3.8, 4) is 22.8 Å². The van der Waals surface area contributed by atoms with Crippen molar-refractivity contribution < 1.29 is 13.9 Å². The number of nitrogens with one attached hydrogen (secondary N) is 1. The number of nitrogens with zero attached hydrogens (tertiary/aromatic N) is 1. The van der Waals surface area contributed by atoms with E-state index in [1.165, 1.54) is 12.1 Å². The molecule has 2 aromatic carbocycles. The number of halogens is 1. The molecule has 1 aromatic heterocycles. The molecule has 6 nitrogen and oxygen atoms in total. The van der Waals surface area contributed by atoms with Crippen molar-refractivity contribution in [3.63, 3.8) is 0 Å². The van der Waals surface area contributed by atoms with E-state index in [2.05, 4.69) is 10.3 Å².